The molecule has 0 aliphatic rings. The molecule has 0 radical (unpaired) electrons. The number of carbonyl (C=O) groups excluding carboxylic acids is 1. The van der Waals surface area contributed by atoms with Gasteiger partial charge in [-0.3, -0.25) is 10.1 Å². The van der Waals surface area contributed by atoms with Crippen molar-refractivity contribution >= 4 is 51.6 Å². The highest BCUT2D eigenvalue weighted by atomic mass is 35.5. The van der Waals surface area contributed by atoms with Crippen LogP contribution in [-0.4, -0.2) is 22.6 Å². The lowest BCUT2D eigenvalue weighted by Gasteiger charge is -2.11. The molecule has 0 spiro atoms. The van der Waals surface area contributed by atoms with E-state index < -0.39 is 5.91 Å². The number of carbonyl (C=O) groups is 1. The Balaban J connectivity index is 1.34. The van der Waals surface area contributed by atoms with Crippen LogP contribution >= 0.6 is 23.8 Å². The molecule has 6 nitrogen and oxygen atoms in total. The summed E-state index contributed by atoms with van der Waals surface area (Å²) in [5.74, 6) is 1.07. The Morgan fingerprint density at radius 3 is 2.65 bits per heavy atom. The first-order valence-corrected chi connectivity index (χ1v) is 11.7. The number of nitrogens with zero attached hydrogens (tertiary/aromatic N) is 1. The van der Waals surface area contributed by atoms with Crippen molar-refractivity contribution in [3.05, 3.63) is 77.3 Å². The molecule has 0 unspecified atom stereocenters. The standard InChI is InChI=1S/C26H24ClN3O3S/c1-3-16(2)18-10-13-23-21(14-18)29-25(33-23)17-8-11-19(12-9-17)28-26(34)30-24(31)15-32-22-7-5-4-6-20(22)27/h4-14,16H,3,15H2,1-2H3,(H2,28,30,31,34)/t16-/m1/s1. The fourth-order valence-corrected chi connectivity index (χ4v) is 3.76. The number of hydrogen-bond donors (Lipinski definition) is 2. The number of thiocarbonyl (C=S) groups is 1. The molecule has 34 heavy (non-hydrogen) atoms. The number of halogens is 1. The lowest BCUT2D eigenvalue weighted by Crippen LogP contribution is -2.37. The topological polar surface area (TPSA) is 76.4 Å². The number of anilines is 1. The van der Waals surface area contributed by atoms with E-state index in [1.807, 2.05) is 30.3 Å². The lowest BCUT2D eigenvalue weighted by atomic mass is 9.98. The van der Waals surface area contributed by atoms with Crippen LogP contribution in [0.3, 0.4) is 0 Å². The molecule has 0 bridgehead atoms. The first-order chi connectivity index (χ1) is 16.4. The number of benzene rings is 3. The van der Waals surface area contributed by atoms with Crippen LogP contribution in [0.25, 0.3) is 22.6 Å². The number of ether oxygens (including phenoxy) is 1. The van der Waals surface area contributed by atoms with Crippen LogP contribution in [0, 0.1) is 0 Å². The monoisotopic (exact) mass is 493 g/mol. The normalized spacial score (nSPS) is 11.7. The zero-order valence-electron chi connectivity index (χ0n) is 18.8. The molecule has 8 heteroatoms. The third-order valence-corrected chi connectivity index (χ3v) is 5.95. The van der Waals surface area contributed by atoms with Crippen LogP contribution in [0.4, 0.5) is 5.69 Å². The first-order valence-electron chi connectivity index (χ1n) is 10.9. The van der Waals surface area contributed by atoms with E-state index in [1.165, 1.54) is 5.56 Å². The third-order valence-electron chi connectivity index (χ3n) is 5.43. The summed E-state index contributed by atoms with van der Waals surface area (Å²) in [6.45, 7) is 4.16. The summed E-state index contributed by atoms with van der Waals surface area (Å²) in [6.07, 6.45) is 1.07. The summed E-state index contributed by atoms with van der Waals surface area (Å²) in [7, 11) is 0. The summed E-state index contributed by atoms with van der Waals surface area (Å²) in [4.78, 5) is 16.8. The highest BCUT2D eigenvalue weighted by molar-refractivity contribution is 7.80. The number of fused-ring (bicyclic) bond motifs is 1. The molecule has 0 fully saturated rings. The van der Waals surface area contributed by atoms with Crippen LogP contribution in [0.15, 0.2) is 71.1 Å². The van der Waals surface area contributed by atoms with Crippen molar-refractivity contribution < 1.29 is 13.9 Å². The number of rotatable bonds is 7. The second-order valence-electron chi connectivity index (χ2n) is 7.85. The van der Waals surface area contributed by atoms with Gasteiger partial charge in [0.25, 0.3) is 5.91 Å². The Hall–Kier alpha value is -3.42. The van der Waals surface area contributed by atoms with E-state index in [2.05, 4.69) is 41.6 Å². The quantitative estimate of drug-likeness (QED) is 0.284. The van der Waals surface area contributed by atoms with Gasteiger partial charge in [-0.25, -0.2) is 4.98 Å². The Kier molecular flexibility index (Phi) is 7.45. The number of nitrogens with one attached hydrogen (secondary N) is 2. The van der Waals surface area contributed by atoms with Crippen molar-refractivity contribution in [1.82, 2.24) is 10.3 Å². The molecule has 0 aliphatic heterocycles. The second kappa shape index (κ2) is 10.7. The summed E-state index contributed by atoms with van der Waals surface area (Å²) < 4.78 is 11.3. The number of para-hydroxylation sites is 1. The zero-order valence-corrected chi connectivity index (χ0v) is 20.4. The summed E-state index contributed by atoms with van der Waals surface area (Å²) in [5.41, 5.74) is 4.42. The minimum atomic E-state index is -0.391. The Morgan fingerprint density at radius 2 is 1.91 bits per heavy atom. The zero-order chi connectivity index (χ0) is 24.1. The average molecular weight is 494 g/mol. The van der Waals surface area contributed by atoms with Gasteiger partial charge in [0.15, 0.2) is 17.3 Å². The second-order valence-corrected chi connectivity index (χ2v) is 8.67. The maximum atomic E-state index is 12.1. The molecule has 3 aromatic carbocycles. The molecule has 1 atom stereocenters. The van der Waals surface area contributed by atoms with E-state index in [0.29, 0.717) is 22.6 Å². The predicted octanol–water partition coefficient (Wildman–Crippen LogP) is 6.55. The van der Waals surface area contributed by atoms with Gasteiger partial charge in [-0.15, -0.1) is 0 Å². The molecule has 1 heterocycles. The Bertz CT molecular complexity index is 1320. The largest absolute Gasteiger partial charge is 0.482 e. The summed E-state index contributed by atoms with van der Waals surface area (Å²) in [5, 5.41) is 6.17. The number of amides is 1. The molecule has 0 saturated heterocycles. The number of aromatic nitrogens is 1. The van der Waals surface area contributed by atoms with E-state index in [0.717, 1.165) is 28.8 Å². The molecule has 0 saturated carbocycles. The molecular formula is C26H24ClN3O3S. The lowest BCUT2D eigenvalue weighted by molar-refractivity contribution is -0.121. The molecule has 4 aromatic rings. The van der Waals surface area contributed by atoms with E-state index in [9.17, 15) is 4.79 Å². The van der Waals surface area contributed by atoms with Crippen LogP contribution < -0.4 is 15.4 Å². The predicted molar refractivity (Wildman–Crippen MR) is 139 cm³/mol. The van der Waals surface area contributed by atoms with Crippen LogP contribution in [0.2, 0.25) is 5.02 Å². The highest BCUT2D eigenvalue weighted by Crippen LogP contribution is 2.28. The Morgan fingerprint density at radius 1 is 1.15 bits per heavy atom. The average Bonchev–Trinajstić information content (AvgIpc) is 3.27. The summed E-state index contributed by atoms with van der Waals surface area (Å²) >= 11 is 11.2. The molecule has 1 amide bonds. The van der Waals surface area contributed by atoms with Crippen molar-refractivity contribution in [2.75, 3.05) is 11.9 Å². The summed E-state index contributed by atoms with van der Waals surface area (Å²) in [6, 6.07) is 20.5. The number of hydrogen-bond acceptors (Lipinski definition) is 5. The van der Waals surface area contributed by atoms with Crippen molar-refractivity contribution in [1.29, 1.82) is 0 Å². The van der Waals surface area contributed by atoms with Gasteiger partial charge in [-0.05, 0) is 78.7 Å². The highest BCUT2D eigenvalue weighted by Gasteiger charge is 2.12. The van der Waals surface area contributed by atoms with Gasteiger partial charge in [-0.1, -0.05) is 43.6 Å². The van der Waals surface area contributed by atoms with Crippen molar-refractivity contribution in [3.8, 4) is 17.2 Å². The molecule has 174 valence electrons. The van der Waals surface area contributed by atoms with Gasteiger partial charge in [0.05, 0.1) is 5.02 Å². The molecular weight excluding hydrogens is 470 g/mol. The van der Waals surface area contributed by atoms with Crippen molar-refractivity contribution in [2.24, 2.45) is 0 Å². The smallest absolute Gasteiger partial charge is 0.264 e. The van der Waals surface area contributed by atoms with Crippen molar-refractivity contribution in [3.63, 3.8) is 0 Å². The van der Waals surface area contributed by atoms with Crippen molar-refractivity contribution in [2.45, 2.75) is 26.2 Å². The van der Waals surface area contributed by atoms with E-state index in [1.54, 1.807) is 24.3 Å². The van der Waals surface area contributed by atoms with Crippen LogP contribution in [0.1, 0.15) is 31.7 Å². The van der Waals surface area contributed by atoms with Crippen LogP contribution in [0.5, 0.6) is 5.75 Å². The molecule has 0 aliphatic carbocycles. The Labute approximate surface area is 208 Å². The van der Waals surface area contributed by atoms with Gasteiger partial charge >= 0.3 is 0 Å². The van der Waals surface area contributed by atoms with Gasteiger partial charge in [-0.2, -0.15) is 0 Å². The first kappa shape index (κ1) is 23.7. The van der Waals surface area contributed by atoms with E-state index in [4.69, 9.17) is 33.0 Å². The maximum absolute atomic E-state index is 12.1. The van der Waals surface area contributed by atoms with Gasteiger partial charge < -0.3 is 14.5 Å². The maximum Gasteiger partial charge on any atom is 0.264 e. The molecule has 4 rings (SSSR count). The fourth-order valence-electron chi connectivity index (χ4n) is 3.34. The number of oxazole rings is 1. The van der Waals surface area contributed by atoms with Gasteiger partial charge in [0, 0.05) is 11.3 Å². The van der Waals surface area contributed by atoms with E-state index in [-0.39, 0.29) is 11.7 Å². The third kappa shape index (κ3) is 5.73. The SMILES string of the molecule is CC[C@@H](C)c1ccc2oc(-c3ccc(NC(=S)NC(=O)COc4ccccc4Cl)cc3)nc2c1. The van der Waals surface area contributed by atoms with E-state index >= 15 is 0 Å². The molecule has 2 N–H and O–H groups in total. The van der Waals surface area contributed by atoms with Crippen LogP contribution in [-0.2, 0) is 4.79 Å². The minimum absolute atomic E-state index is 0.167. The van der Waals surface area contributed by atoms with Gasteiger partial charge in [0.2, 0.25) is 5.89 Å². The fraction of sp³-hybridized carbons (Fsp3) is 0.192. The molecule has 1 aromatic heterocycles. The minimum Gasteiger partial charge on any atom is -0.482 e. The van der Waals surface area contributed by atoms with Gasteiger partial charge in [0.1, 0.15) is 11.3 Å².